The predicted molar refractivity (Wildman–Crippen MR) is 55.7 cm³/mol. The van der Waals surface area contributed by atoms with Gasteiger partial charge in [-0.05, 0) is 36.5 Å². The predicted octanol–water partition coefficient (Wildman–Crippen LogP) is 1.58. The van der Waals surface area contributed by atoms with Gasteiger partial charge in [-0.2, -0.15) is 0 Å². The molecule has 0 amide bonds. The Balaban J connectivity index is 2.20. The summed E-state index contributed by atoms with van der Waals surface area (Å²) in [4.78, 5) is 0. The monoisotopic (exact) mass is 196 g/mol. The van der Waals surface area contributed by atoms with Gasteiger partial charge in [-0.25, -0.2) is 0 Å². The van der Waals surface area contributed by atoms with Gasteiger partial charge in [0.1, 0.15) is 0 Å². The summed E-state index contributed by atoms with van der Waals surface area (Å²) in [5.41, 5.74) is 0. The van der Waals surface area contributed by atoms with Crippen LogP contribution in [0.3, 0.4) is 0 Å². The first-order valence-electron chi connectivity index (χ1n) is 5.71. The summed E-state index contributed by atoms with van der Waals surface area (Å²) in [5, 5.41) is 19.4. The van der Waals surface area contributed by atoms with Crippen LogP contribution in [0, 0.1) is 23.7 Å². The fourth-order valence-corrected chi connectivity index (χ4v) is 3.16. The Morgan fingerprint density at radius 3 is 2.79 bits per heavy atom. The number of aliphatic hydroxyl groups is 2. The Hall–Kier alpha value is -0.340. The van der Waals surface area contributed by atoms with E-state index in [0.29, 0.717) is 17.8 Å². The van der Waals surface area contributed by atoms with E-state index in [1.165, 1.54) is 6.42 Å². The van der Waals surface area contributed by atoms with E-state index in [9.17, 15) is 10.2 Å². The molecule has 2 N–H and O–H groups in total. The van der Waals surface area contributed by atoms with Crippen LogP contribution in [-0.4, -0.2) is 22.9 Å². The molecule has 0 aromatic rings. The molecule has 0 radical (unpaired) electrons. The van der Waals surface area contributed by atoms with Crippen molar-refractivity contribution in [1.29, 1.82) is 0 Å². The molecule has 0 unspecified atom stereocenters. The van der Waals surface area contributed by atoms with Gasteiger partial charge in [0.25, 0.3) is 0 Å². The Bertz CT molecular complexity index is 224. The highest BCUT2D eigenvalue weighted by atomic mass is 16.3. The van der Waals surface area contributed by atoms with Gasteiger partial charge < -0.3 is 10.2 Å². The van der Waals surface area contributed by atoms with E-state index in [1.807, 2.05) is 0 Å². The maximum absolute atomic E-state index is 9.98. The van der Waals surface area contributed by atoms with Crippen LogP contribution in [0.15, 0.2) is 12.2 Å². The standard InChI is InChI=1S/C12H20O2/c1-8-5-6-9-3-2-4-11(14)12(9)10(8)7-13/h5-6,8-14H,2-4,7H2,1H3/t8-,9+,10-,11-,12-/m1/s1. The number of rotatable bonds is 1. The molecule has 2 aliphatic carbocycles. The number of fused-ring (bicyclic) bond motifs is 1. The molecular formula is C12H20O2. The van der Waals surface area contributed by atoms with Crippen molar-refractivity contribution in [2.75, 3.05) is 6.61 Å². The molecule has 2 nitrogen and oxygen atoms in total. The summed E-state index contributed by atoms with van der Waals surface area (Å²) in [7, 11) is 0. The molecule has 1 fully saturated rings. The van der Waals surface area contributed by atoms with Gasteiger partial charge in [0.2, 0.25) is 0 Å². The highest BCUT2D eigenvalue weighted by molar-refractivity contribution is 5.07. The average molecular weight is 196 g/mol. The van der Waals surface area contributed by atoms with Gasteiger partial charge in [0, 0.05) is 6.61 Å². The highest BCUT2D eigenvalue weighted by Gasteiger charge is 2.40. The summed E-state index contributed by atoms with van der Waals surface area (Å²) in [6.45, 7) is 2.35. The molecule has 14 heavy (non-hydrogen) atoms. The van der Waals surface area contributed by atoms with Gasteiger partial charge >= 0.3 is 0 Å². The van der Waals surface area contributed by atoms with Gasteiger partial charge in [-0.3, -0.25) is 0 Å². The molecule has 2 heteroatoms. The third-order valence-corrected chi connectivity index (χ3v) is 4.02. The van der Waals surface area contributed by atoms with Crippen molar-refractivity contribution in [3.63, 3.8) is 0 Å². The Morgan fingerprint density at radius 2 is 2.07 bits per heavy atom. The summed E-state index contributed by atoms with van der Waals surface area (Å²) >= 11 is 0. The van der Waals surface area contributed by atoms with Crippen LogP contribution in [0.1, 0.15) is 26.2 Å². The summed E-state index contributed by atoms with van der Waals surface area (Å²) in [6.07, 6.45) is 7.49. The zero-order valence-electron chi connectivity index (χ0n) is 8.76. The summed E-state index contributed by atoms with van der Waals surface area (Å²) < 4.78 is 0. The molecule has 1 saturated carbocycles. The molecule has 0 aromatic heterocycles. The first-order valence-corrected chi connectivity index (χ1v) is 5.71. The second kappa shape index (κ2) is 4.03. The van der Waals surface area contributed by atoms with Crippen molar-refractivity contribution in [3.8, 4) is 0 Å². The lowest BCUT2D eigenvalue weighted by Crippen LogP contribution is -2.42. The Kier molecular flexibility index (Phi) is 2.93. The van der Waals surface area contributed by atoms with E-state index in [0.717, 1.165) is 12.8 Å². The largest absolute Gasteiger partial charge is 0.396 e. The molecule has 0 bridgehead atoms. The Labute approximate surface area is 85.6 Å². The first kappa shape index (κ1) is 10.2. The van der Waals surface area contributed by atoms with Gasteiger partial charge in [-0.1, -0.05) is 25.5 Å². The Morgan fingerprint density at radius 1 is 1.29 bits per heavy atom. The third-order valence-electron chi connectivity index (χ3n) is 4.02. The molecule has 0 aliphatic heterocycles. The number of aliphatic hydroxyl groups excluding tert-OH is 2. The van der Waals surface area contributed by atoms with E-state index in [4.69, 9.17) is 0 Å². The van der Waals surface area contributed by atoms with Gasteiger partial charge in [0.15, 0.2) is 0 Å². The lowest BCUT2D eigenvalue weighted by atomic mass is 9.64. The average Bonchev–Trinajstić information content (AvgIpc) is 2.19. The van der Waals surface area contributed by atoms with Crippen LogP contribution in [0.25, 0.3) is 0 Å². The third kappa shape index (κ3) is 1.61. The summed E-state index contributed by atoms with van der Waals surface area (Å²) in [6, 6.07) is 0. The highest BCUT2D eigenvalue weighted by Crippen LogP contribution is 2.42. The second-order valence-corrected chi connectivity index (χ2v) is 4.83. The van der Waals surface area contributed by atoms with E-state index in [2.05, 4.69) is 19.1 Å². The molecule has 0 spiro atoms. The van der Waals surface area contributed by atoms with Crippen molar-refractivity contribution in [3.05, 3.63) is 12.2 Å². The maximum atomic E-state index is 9.98. The SMILES string of the molecule is C[C@@H]1C=C[C@@H]2CCC[C@@H](O)[C@H]2[C@@H]1CO. The van der Waals surface area contributed by atoms with E-state index in [1.54, 1.807) is 0 Å². The maximum Gasteiger partial charge on any atom is 0.0577 e. The number of hydrogen-bond donors (Lipinski definition) is 2. The van der Waals surface area contributed by atoms with Gasteiger partial charge in [0.05, 0.1) is 6.10 Å². The normalized spacial score (nSPS) is 47.5. The molecule has 0 saturated heterocycles. The second-order valence-electron chi connectivity index (χ2n) is 4.83. The molecule has 0 heterocycles. The molecule has 5 atom stereocenters. The lowest BCUT2D eigenvalue weighted by molar-refractivity contribution is -0.0211. The van der Waals surface area contributed by atoms with Crippen molar-refractivity contribution >= 4 is 0 Å². The minimum atomic E-state index is -0.196. The minimum Gasteiger partial charge on any atom is -0.396 e. The zero-order chi connectivity index (χ0) is 10.1. The van der Waals surface area contributed by atoms with Crippen LogP contribution in [0.2, 0.25) is 0 Å². The zero-order valence-corrected chi connectivity index (χ0v) is 8.76. The van der Waals surface area contributed by atoms with Gasteiger partial charge in [-0.15, -0.1) is 0 Å². The van der Waals surface area contributed by atoms with Crippen molar-refractivity contribution < 1.29 is 10.2 Å². The van der Waals surface area contributed by atoms with Crippen molar-refractivity contribution in [2.24, 2.45) is 23.7 Å². The quantitative estimate of drug-likeness (QED) is 0.625. The van der Waals surface area contributed by atoms with E-state index in [-0.39, 0.29) is 18.6 Å². The van der Waals surface area contributed by atoms with Crippen LogP contribution >= 0.6 is 0 Å². The molecule has 80 valence electrons. The van der Waals surface area contributed by atoms with Crippen LogP contribution < -0.4 is 0 Å². The smallest absolute Gasteiger partial charge is 0.0577 e. The van der Waals surface area contributed by atoms with E-state index < -0.39 is 0 Å². The molecule has 2 rings (SSSR count). The number of allylic oxidation sites excluding steroid dienone is 2. The number of hydrogen-bond acceptors (Lipinski definition) is 2. The topological polar surface area (TPSA) is 40.5 Å². The molecular weight excluding hydrogens is 176 g/mol. The molecule has 2 aliphatic rings. The molecule has 0 aromatic carbocycles. The minimum absolute atomic E-state index is 0.196. The first-order chi connectivity index (χ1) is 6.74. The van der Waals surface area contributed by atoms with Crippen LogP contribution in [0.5, 0.6) is 0 Å². The van der Waals surface area contributed by atoms with Crippen molar-refractivity contribution in [1.82, 2.24) is 0 Å². The van der Waals surface area contributed by atoms with Crippen LogP contribution in [-0.2, 0) is 0 Å². The van der Waals surface area contributed by atoms with Crippen molar-refractivity contribution in [2.45, 2.75) is 32.3 Å². The fraction of sp³-hybridized carbons (Fsp3) is 0.833. The lowest BCUT2D eigenvalue weighted by Gasteiger charge is -2.43. The van der Waals surface area contributed by atoms with Crippen LogP contribution in [0.4, 0.5) is 0 Å². The summed E-state index contributed by atoms with van der Waals surface area (Å²) in [5.74, 6) is 1.48. The van der Waals surface area contributed by atoms with E-state index >= 15 is 0 Å². The fourth-order valence-electron chi connectivity index (χ4n) is 3.16.